The third-order valence-corrected chi connectivity index (χ3v) is 8.75. The van der Waals surface area contributed by atoms with Crippen LogP contribution in [0.3, 0.4) is 0 Å². The van der Waals surface area contributed by atoms with E-state index in [1.165, 1.54) is 84.0 Å². The first-order chi connectivity index (χ1) is 12.3. The van der Waals surface area contributed by atoms with Crippen molar-refractivity contribution < 1.29 is 4.74 Å². The molecule has 7 heterocycles. The standard InChI is InChI=1S/C21H35N3O/c1-3-16-5-6-18(24-12-15-2-4-17(24)10-22-15)13-23(16)11-14(1)20-9-19-7-8-21(20)25-19/h14-22H,1-13H2. The van der Waals surface area contributed by atoms with Crippen LogP contribution < -0.4 is 5.32 Å². The Hall–Kier alpha value is -0.160. The summed E-state index contributed by atoms with van der Waals surface area (Å²) in [4.78, 5) is 5.83. The van der Waals surface area contributed by atoms with Gasteiger partial charge in [-0.25, -0.2) is 0 Å². The Morgan fingerprint density at radius 3 is 2.36 bits per heavy atom. The Morgan fingerprint density at radius 2 is 1.64 bits per heavy atom. The fourth-order valence-electron chi connectivity index (χ4n) is 7.41. The fourth-order valence-corrected chi connectivity index (χ4v) is 7.41. The third-order valence-electron chi connectivity index (χ3n) is 8.75. The zero-order chi connectivity index (χ0) is 16.4. The molecule has 4 nitrogen and oxygen atoms in total. The van der Waals surface area contributed by atoms with E-state index in [0.717, 1.165) is 36.0 Å². The largest absolute Gasteiger partial charge is 0.375 e. The van der Waals surface area contributed by atoms with Gasteiger partial charge in [-0.1, -0.05) is 0 Å². The molecule has 8 atom stereocenters. The van der Waals surface area contributed by atoms with E-state index in [0.29, 0.717) is 12.2 Å². The van der Waals surface area contributed by atoms with Crippen molar-refractivity contribution in [3.8, 4) is 0 Å². The fraction of sp³-hybridized carbons (Fsp3) is 1.00. The van der Waals surface area contributed by atoms with Crippen molar-refractivity contribution in [3.05, 3.63) is 0 Å². The second-order valence-corrected chi connectivity index (χ2v) is 9.98. The Balaban J connectivity index is 1.12. The molecule has 4 bridgehead atoms. The highest BCUT2D eigenvalue weighted by molar-refractivity contribution is 5.01. The highest BCUT2D eigenvalue weighted by Gasteiger charge is 2.47. The van der Waals surface area contributed by atoms with E-state index in [1.54, 1.807) is 0 Å². The van der Waals surface area contributed by atoms with Crippen LogP contribution in [-0.2, 0) is 4.74 Å². The lowest BCUT2D eigenvalue weighted by molar-refractivity contribution is -0.0348. The topological polar surface area (TPSA) is 27.7 Å². The monoisotopic (exact) mass is 345 g/mol. The van der Waals surface area contributed by atoms with Gasteiger partial charge in [0.15, 0.2) is 0 Å². The van der Waals surface area contributed by atoms with Crippen molar-refractivity contribution >= 4 is 0 Å². The number of fused-ring (bicyclic) bond motifs is 6. The predicted octanol–water partition coefficient (Wildman–Crippen LogP) is 2.23. The van der Waals surface area contributed by atoms with Crippen LogP contribution in [0.2, 0.25) is 0 Å². The van der Waals surface area contributed by atoms with Gasteiger partial charge in [-0.2, -0.15) is 0 Å². The molecule has 1 N–H and O–H groups in total. The van der Waals surface area contributed by atoms with Crippen LogP contribution in [-0.4, -0.2) is 72.4 Å². The van der Waals surface area contributed by atoms with E-state index >= 15 is 0 Å². The minimum atomic E-state index is 0.621. The number of rotatable bonds is 2. The average Bonchev–Trinajstić information content (AvgIpc) is 3.31. The zero-order valence-electron chi connectivity index (χ0n) is 15.6. The van der Waals surface area contributed by atoms with Gasteiger partial charge in [-0.05, 0) is 69.6 Å². The predicted molar refractivity (Wildman–Crippen MR) is 98.6 cm³/mol. The number of ether oxygens (including phenoxy) is 1. The summed E-state index contributed by atoms with van der Waals surface area (Å²) in [5.74, 6) is 1.81. The molecule has 7 rings (SSSR count). The summed E-state index contributed by atoms with van der Waals surface area (Å²) >= 11 is 0. The van der Waals surface area contributed by atoms with Crippen LogP contribution in [0.25, 0.3) is 0 Å². The van der Waals surface area contributed by atoms with Crippen molar-refractivity contribution in [1.29, 1.82) is 0 Å². The molecule has 4 heteroatoms. The maximum atomic E-state index is 6.19. The van der Waals surface area contributed by atoms with E-state index in [2.05, 4.69) is 15.1 Å². The van der Waals surface area contributed by atoms with Crippen molar-refractivity contribution in [2.45, 2.75) is 94.2 Å². The minimum Gasteiger partial charge on any atom is -0.375 e. The molecule has 0 aromatic carbocycles. The van der Waals surface area contributed by atoms with Crippen molar-refractivity contribution in [1.82, 2.24) is 15.1 Å². The number of hydrogen-bond acceptors (Lipinski definition) is 4. The molecule has 0 aromatic rings. The first kappa shape index (κ1) is 15.9. The summed E-state index contributed by atoms with van der Waals surface area (Å²) in [6.45, 7) is 5.29. The van der Waals surface area contributed by atoms with Gasteiger partial charge in [0.1, 0.15) is 0 Å². The zero-order valence-corrected chi connectivity index (χ0v) is 15.6. The smallest absolute Gasteiger partial charge is 0.0612 e. The molecule has 7 fully saturated rings. The van der Waals surface area contributed by atoms with Crippen LogP contribution in [0.1, 0.15) is 57.8 Å². The molecular formula is C21H35N3O. The molecule has 7 aliphatic rings. The van der Waals surface area contributed by atoms with Crippen molar-refractivity contribution in [2.24, 2.45) is 11.8 Å². The summed E-state index contributed by atoms with van der Waals surface area (Å²) in [5, 5.41) is 3.73. The molecule has 0 aliphatic carbocycles. The van der Waals surface area contributed by atoms with Crippen molar-refractivity contribution in [3.63, 3.8) is 0 Å². The highest BCUT2D eigenvalue weighted by Crippen LogP contribution is 2.46. The van der Waals surface area contributed by atoms with E-state index in [-0.39, 0.29) is 0 Å². The number of piperidine rings is 4. The molecule has 0 aromatic heterocycles. The third kappa shape index (κ3) is 2.70. The molecule has 7 saturated heterocycles. The lowest BCUT2D eigenvalue weighted by Gasteiger charge is -2.54. The Kier molecular flexibility index (Phi) is 3.92. The molecule has 140 valence electrons. The lowest BCUT2D eigenvalue weighted by atomic mass is 9.74. The molecule has 0 spiro atoms. The lowest BCUT2D eigenvalue weighted by Crippen LogP contribution is -2.66. The second-order valence-electron chi connectivity index (χ2n) is 9.98. The highest BCUT2D eigenvalue weighted by atomic mass is 16.5. The van der Waals surface area contributed by atoms with Gasteiger partial charge < -0.3 is 10.1 Å². The minimum absolute atomic E-state index is 0.621. The number of piperazine rings is 1. The van der Waals surface area contributed by atoms with E-state index in [4.69, 9.17) is 4.74 Å². The molecule has 8 unspecified atom stereocenters. The number of nitrogens with zero attached hydrogens (tertiary/aromatic N) is 2. The van der Waals surface area contributed by atoms with Crippen LogP contribution >= 0.6 is 0 Å². The van der Waals surface area contributed by atoms with Crippen molar-refractivity contribution in [2.75, 3.05) is 26.2 Å². The van der Waals surface area contributed by atoms with Gasteiger partial charge in [0.25, 0.3) is 0 Å². The summed E-state index contributed by atoms with van der Waals surface area (Å²) in [5.41, 5.74) is 0. The quantitative estimate of drug-likeness (QED) is 0.831. The molecule has 0 saturated carbocycles. The summed E-state index contributed by atoms with van der Waals surface area (Å²) in [6.07, 6.45) is 14.0. The number of hydrogen-bond donors (Lipinski definition) is 1. The van der Waals surface area contributed by atoms with Gasteiger partial charge in [0.05, 0.1) is 12.2 Å². The van der Waals surface area contributed by atoms with E-state index in [9.17, 15) is 0 Å². The Morgan fingerprint density at radius 1 is 0.760 bits per heavy atom. The average molecular weight is 346 g/mol. The normalized spacial score (nSPS) is 53.3. The molecule has 7 aliphatic heterocycles. The Labute approximate surface area is 152 Å². The molecule has 0 radical (unpaired) electrons. The van der Waals surface area contributed by atoms with Crippen LogP contribution in [0.4, 0.5) is 0 Å². The molecule has 0 amide bonds. The van der Waals surface area contributed by atoms with Crippen LogP contribution in [0.15, 0.2) is 0 Å². The van der Waals surface area contributed by atoms with E-state index < -0.39 is 0 Å². The second kappa shape index (κ2) is 6.19. The first-order valence-electron chi connectivity index (χ1n) is 11.2. The van der Waals surface area contributed by atoms with Gasteiger partial charge in [-0.3, -0.25) is 9.80 Å². The van der Waals surface area contributed by atoms with Crippen LogP contribution in [0.5, 0.6) is 0 Å². The Bertz CT molecular complexity index is 505. The van der Waals surface area contributed by atoms with Crippen LogP contribution in [0, 0.1) is 11.8 Å². The summed E-state index contributed by atoms with van der Waals surface area (Å²) in [6, 6.07) is 3.34. The number of nitrogens with one attached hydrogen (secondary N) is 1. The first-order valence-corrected chi connectivity index (χ1v) is 11.2. The summed E-state index contributed by atoms with van der Waals surface area (Å²) < 4.78 is 6.19. The maximum absolute atomic E-state index is 6.19. The molecular weight excluding hydrogens is 310 g/mol. The van der Waals surface area contributed by atoms with Gasteiger partial charge in [0, 0.05) is 50.3 Å². The van der Waals surface area contributed by atoms with E-state index in [1.807, 2.05) is 0 Å². The van der Waals surface area contributed by atoms with Gasteiger partial charge in [0.2, 0.25) is 0 Å². The summed E-state index contributed by atoms with van der Waals surface area (Å²) in [7, 11) is 0. The molecule has 25 heavy (non-hydrogen) atoms. The van der Waals surface area contributed by atoms with Gasteiger partial charge in [-0.15, -0.1) is 0 Å². The maximum Gasteiger partial charge on any atom is 0.0612 e. The SMILES string of the molecule is C1CC2CNC1CN2C1CCC2CCC(C3CC4CCC3O4)CN2C1. The van der Waals surface area contributed by atoms with Gasteiger partial charge >= 0.3 is 0 Å².